The van der Waals surface area contributed by atoms with Crippen LogP contribution in [0.15, 0.2) is 30.3 Å². The predicted molar refractivity (Wildman–Crippen MR) is 111 cm³/mol. The molecule has 0 aliphatic carbocycles. The average molecular weight is 434 g/mol. The Bertz CT molecular complexity index is 742. The van der Waals surface area contributed by atoms with Crippen LogP contribution in [-0.2, 0) is 28.5 Å². The zero-order valence-corrected chi connectivity index (χ0v) is 18.2. The average Bonchev–Trinajstić information content (AvgIpc) is 2.80. The molecule has 0 aromatic heterocycles. The first-order valence-electron chi connectivity index (χ1n) is 11.0. The summed E-state index contributed by atoms with van der Waals surface area (Å²) in [5, 5.41) is 0. The smallest absolute Gasteiger partial charge is 0.343 e. The van der Waals surface area contributed by atoms with Gasteiger partial charge in [-0.3, -0.25) is 4.79 Å². The van der Waals surface area contributed by atoms with E-state index in [2.05, 4.69) is 0 Å². The molecule has 2 saturated heterocycles. The highest BCUT2D eigenvalue weighted by Gasteiger charge is 2.58. The number of carbonyl (C=O) groups is 3. The molecule has 3 rings (SSSR count). The maximum absolute atomic E-state index is 13.5. The summed E-state index contributed by atoms with van der Waals surface area (Å²) in [5.74, 6) is -1.99. The van der Waals surface area contributed by atoms with Gasteiger partial charge >= 0.3 is 11.9 Å². The second kappa shape index (κ2) is 10.7. The largest absolute Gasteiger partial charge is 0.464 e. The molecule has 0 spiro atoms. The maximum Gasteiger partial charge on any atom is 0.343 e. The number of hydrogen-bond donors (Lipinski definition) is 0. The predicted octanol–water partition coefficient (Wildman–Crippen LogP) is 2.70. The highest BCUT2D eigenvalue weighted by atomic mass is 16.7. The third kappa shape index (κ3) is 5.07. The fraction of sp³-hybridized carbons (Fsp3) is 0.609. The number of nitrogens with zero attached hydrogens (tertiary/aromatic N) is 1. The van der Waals surface area contributed by atoms with Crippen molar-refractivity contribution in [2.45, 2.75) is 63.9 Å². The molecule has 2 fully saturated rings. The molecular weight excluding hydrogens is 402 g/mol. The zero-order chi connectivity index (χ0) is 22.3. The van der Waals surface area contributed by atoms with E-state index >= 15 is 0 Å². The molecule has 2 aliphatic heterocycles. The first-order valence-corrected chi connectivity index (χ1v) is 11.0. The van der Waals surface area contributed by atoms with Crippen LogP contribution in [0.3, 0.4) is 0 Å². The second-order valence-corrected chi connectivity index (χ2v) is 7.68. The Balaban J connectivity index is 1.93. The number of ether oxygens (including phenoxy) is 4. The first-order chi connectivity index (χ1) is 15.0. The molecule has 0 bridgehead atoms. The highest BCUT2D eigenvalue weighted by Crippen LogP contribution is 2.35. The van der Waals surface area contributed by atoms with Gasteiger partial charge in [0, 0.05) is 18.7 Å². The summed E-state index contributed by atoms with van der Waals surface area (Å²) in [7, 11) is 0. The van der Waals surface area contributed by atoms with Crippen molar-refractivity contribution in [3.8, 4) is 0 Å². The molecule has 1 aromatic carbocycles. The van der Waals surface area contributed by atoms with E-state index in [4.69, 9.17) is 18.9 Å². The van der Waals surface area contributed by atoms with Crippen molar-refractivity contribution in [3.63, 3.8) is 0 Å². The van der Waals surface area contributed by atoms with Crippen molar-refractivity contribution in [1.29, 1.82) is 0 Å². The van der Waals surface area contributed by atoms with Gasteiger partial charge in [-0.2, -0.15) is 0 Å². The van der Waals surface area contributed by atoms with Gasteiger partial charge in [0.05, 0.1) is 19.3 Å². The minimum absolute atomic E-state index is 0.0562. The van der Waals surface area contributed by atoms with Crippen LogP contribution in [0.2, 0.25) is 0 Å². The van der Waals surface area contributed by atoms with Crippen LogP contribution < -0.4 is 0 Å². The number of benzene rings is 1. The molecule has 170 valence electrons. The lowest BCUT2D eigenvalue weighted by molar-refractivity contribution is -0.207. The number of esters is 2. The summed E-state index contributed by atoms with van der Waals surface area (Å²) >= 11 is 0. The first kappa shape index (κ1) is 23.2. The molecule has 2 atom stereocenters. The summed E-state index contributed by atoms with van der Waals surface area (Å²) < 4.78 is 22.3. The van der Waals surface area contributed by atoms with Crippen LogP contribution in [0.25, 0.3) is 0 Å². The molecule has 1 unspecified atom stereocenters. The Labute approximate surface area is 182 Å². The Kier molecular flexibility index (Phi) is 8.03. The van der Waals surface area contributed by atoms with Gasteiger partial charge in [0.1, 0.15) is 0 Å². The summed E-state index contributed by atoms with van der Waals surface area (Å²) in [6.45, 7) is 4.20. The minimum Gasteiger partial charge on any atom is -0.464 e. The Morgan fingerprint density at radius 2 is 1.71 bits per heavy atom. The van der Waals surface area contributed by atoms with Crippen LogP contribution >= 0.6 is 0 Å². The lowest BCUT2D eigenvalue weighted by atomic mass is 9.84. The summed E-state index contributed by atoms with van der Waals surface area (Å²) in [5.41, 5.74) is -1.47. The molecule has 8 nitrogen and oxygen atoms in total. The summed E-state index contributed by atoms with van der Waals surface area (Å²) in [6.07, 6.45) is 2.54. The van der Waals surface area contributed by atoms with Gasteiger partial charge in [0.2, 0.25) is 5.54 Å². The van der Waals surface area contributed by atoms with E-state index in [1.54, 1.807) is 44.2 Å². The van der Waals surface area contributed by atoms with Crippen molar-refractivity contribution in [2.24, 2.45) is 0 Å². The number of carbonyl (C=O) groups excluding carboxylic acids is 3. The van der Waals surface area contributed by atoms with E-state index in [0.29, 0.717) is 18.6 Å². The number of hydrogen-bond acceptors (Lipinski definition) is 7. The van der Waals surface area contributed by atoms with Crippen molar-refractivity contribution in [2.75, 3.05) is 26.4 Å². The SMILES string of the molecule is CCOC(=O)C1(C(=O)OCC)CC[C@H](OC2CCCCO2)CN1C(=O)c1ccccc1. The van der Waals surface area contributed by atoms with Gasteiger partial charge in [-0.1, -0.05) is 18.2 Å². The van der Waals surface area contributed by atoms with E-state index in [-0.39, 0.29) is 38.6 Å². The van der Waals surface area contributed by atoms with E-state index in [1.165, 1.54) is 4.90 Å². The normalized spacial score (nSPS) is 23.1. The monoisotopic (exact) mass is 433 g/mol. The van der Waals surface area contributed by atoms with Crippen LogP contribution in [0.1, 0.15) is 56.3 Å². The number of piperidine rings is 1. The minimum atomic E-state index is -1.84. The lowest BCUT2D eigenvalue weighted by Gasteiger charge is -2.45. The Morgan fingerprint density at radius 3 is 2.29 bits per heavy atom. The molecule has 31 heavy (non-hydrogen) atoms. The Morgan fingerprint density at radius 1 is 1.03 bits per heavy atom. The quantitative estimate of drug-likeness (QED) is 0.482. The van der Waals surface area contributed by atoms with Crippen LogP contribution in [0.4, 0.5) is 0 Å². The van der Waals surface area contributed by atoms with E-state index < -0.39 is 23.4 Å². The molecule has 1 amide bonds. The van der Waals surface area contributed by atoms with E-state index in [1.807, 2.05) is 0 Å². The number of amides is 1. The van der Waals surface area contributed by atoms with Crippen molar-refractivity contribution in [1.82, 2.24) is 4.90 Å². The second-order valence-electron chi connectivity index (χ2n) is 7.68. The van der Waals surface area contributed by atoms with Gasteiger partial charge in [-0.15, -0.1) is 0 Å². The van der Waals surface area contributed by atoms with Gasteiger partial charge in [-0.25, -0.2) is 9.59 Å². The van der Waals surface area contributed by atoms with E-state index in [9.17, 15) is 14.4 Å². The molecule has 8 heteroatoms. The van der Waals surface area contributed by atoms with Crippen molar-refractivity contribution < 1.29 is 33.3 Å². The van der Waals surface area contributed by atoms with Gasteiger partial charge in [0.15, 0.2) is 6.29 Å². The fourth-order valence-corrected chi connectivity index (χ4v) is 4.10. The molecule has 1 aromatic rings. The van der Waals surface area contributed by atoms with Crippen molar-refractivity contribution in [3.05, 3.63) is 35.9 Å². The van der Waals surface area contributed by atoms with Gasteiger partial charge in [0.25, 0.3) is 5.91 Å². The van der Waals surface area contributed by atoms with Crippen LogP contribution in [0, 0.1) is 0 Å². The molecule has 2 heterocycles. The van der Waals surface area contributed by atoms with Crippen molar-refractivity contribution >= 4 is 17.8 Å². The van der Waals surface area contributed by atoms with Gasteiger partial charge in [-0.05, 0) is 58.1 Å². The molecule has 0 saturated carbocycles. The summed E-state index contributed by atoms with van der Waals surface area (Å²) in [4.78, 5) is 41.0. The van der Waals surface area contributed by atoms with Gasteiger partial charge < -0.3 is 23.8 Å². The van der Waals surface area contributed by atoms with Crippen LogP contribution in [0.5, 0.6) is 0 Å². The number of rotatable bonds is 7. The summed E-state index contributed by atoms with van der Waals surface area (Å²) in [6, 6.07) is 8.56. The van der Waals surface area contributed by atoms with Crippen LogP contribution in [-0.4, -0.2) is 67.0 Å². The standard InChI is InChI=1S/C23H31NO7/c1-3-28-21(26)23(22(27)29-4-2)14-13-18(31-19-12-8-9-15-30-19)16-24(23)20(25)17-10-6-5-7-11-17/h5-7,10-11,18-19H,3-4,8-9,12-16H2,1-2H3/t18-,19?/m0/s1. The third-order valence-corrected chi connectivity index (χ3v) is 5.65. The van der Waals surface area contributed by atoms with E-state index in [0.717, 1.165) is 19.3 Å². The zero-order valence-electron chi connectivity index (χ0n) is 18.2. The topological polar surface area (TPSA) is 91.4 Å². The molecule has 0 N–H and O–H groups in total. The highest BCUT2D eigenvalue weighted by molar-refractivity contribution is 6.10. The molecular formula is C23H31NO7. The maximum atomic E-state index is 13.5. The fourth-order valence-electron chi connectivity index (χ4n) is 4.10. The third-order valence-electron chi connectivity index (χ3n) is 5.65. The number of likely N-dealkylation sites (tertiary alicyclic amines) is 1. The lowest BCUT2D eigenvalue weighted by Crippen LogP contribution is -2.67. The Hall–Kier alpha value is -2.45. The molecule has 0 radical (unpaired) electrons. The molecule has 2 aliphatic rings.